The molecule has 2 rings (SSSR count). The van der Waals surface area contributed by atoms with Crippen LogP contribution in [0.3, 0.4) is 0 Å². The van der Waals surface area contributed by atoms with Crippen molar-refractivity contribution in [3.05, 3.63) is 0 Å². The van der Waals surface area contributed by atoms with Gasteiger partial charge >= 0.3 is 21.1 Å². The number of carbonyl (C=O) groups is 2. The molecular weight excluding hydrogens is 599 g/mol. The van der Waals surface area contributed by atoms with E-state index in [-0.39, 0.29) is 52.6 Å². The molecule has 0 aromatic rings. The molecule has 184 valence electrons. The summed E-state index contributed by atoms with van der Waals surface area (Å²) in [4.78, 5) is 21.0. The minimum Gasteiger partial charge on any atom is -0.549 e. The van der Waals surface area contributed by atoms with Crippen LogP contribution >= 0.6 is 0 Å². The predicted octanol–water partition coefficient (Wildman–Crippen LogP) is -5.09. The third-order valence-electron chi connectivity index (χ3n) is 5.21. The number of rotatable bonds is 8. The Balaban J connectivity index is 0.000000838. The van der Waals surface area contributed by atoms with Crippen LogP contribution in [0.4, 0.5) is 0 Å². The minimum absolute atomic E-state index is 0. The Hall–Kier alpha value is -0.692. The Morgan fingerprint density at radius 2 is 1.52 bits per heavy atom. The average molecular weight is 632 g/mol. The summed E-state index contributed by atoms with van der Waals surface area (Å²) < 4.78 is 10.1. The van der Waals surface area contributed by atoms with Crippen LogP contribution in [0.25, 0.3) is 0 Å². The van der Waals surface area contributed by atoms with E-state index in [4.69, 9.17) is 26.0 Å². The van der Waals surface area contributed by atoms with Crippen molar-refractivity contribution in [2.45, 2.75) is 81.3 Å². The number of carbonyl (C=O) groups excluding carboxylic acids is 2. The predicted molar refractivity (Wildman–Crippen MR) is 96.9 cm³/mol. The molecule has 1 aliphatic heterocycles. The van der Waals surface area contributed by atoms with Crippen LogP contribution in [0.2, 0.25) is 0 Å². The van der Waals surface area contributed by atoms with Gasteiger partial charge in [0.15, 0.2) is 6.29 Å². The first-order valence-electron chi connectivity index (χ1n) is 9.95. The molecule has 2 aliphatic rings. The number of ether oxygens (including phenoxy) is 2. The van der Waals surface area contributed by atoms with Gasteiger partial charge in [0.2, 0.25) is 0 Å². The molecule has 0 spiro atoms. The zero-order valence-corrected chi connectivity index (χ0v) is 19.3. The van der Waals surface area contributed by atoms with Gasteiger partial charge in [0, 0.05) is 24.6 Å². The number of carboxylic acids is 2. The van der Waals surface area contributed by atoms with Gasteiger partial charge in [-0.3, -0.25) is 0 Å². The molecule has 31 heavy (non-hydrogen) atoms. The summed E-state index contributed by atoms with van der Waals surface area (Å²) >= 11 is 0. The number of carboxylic acid groups (broad SMARTS) is 2. The van der Waals surface area contributed by atoms with Crippen molar-refractivity contribution >= 4 is 11.9 Å². The van der Waals surface area contributed by atoms with Crippen LogP contribution in [0, 0.1) is 5.92 Å². The van der Waals surface area contributed by atoms with Gasteiger partial charge in [0.05, 0.1) is 18.5 Å². The molecule has 0 unspecified atom stereocenters. The van der Waals surface area contributed by atoms with Gasteiger partial charge in [-0.2, -0.15) is 0 Å². The molecule has 0 radical (unpaired) electrons. The molecule has 1 saturated carbocycles. The van der Waals surface area contributed by atoms with Gasteiger partial charge in [0.1, 0.15) is 24.4 Å². The summed E-state index contributed by atoms with van der Waals surface area (Å²) in [5.41, 5.74) is 11.3. The van der Waals surface area contributed by atoms with Gasteiger partial charge in [-0.05, 0) is 25.7 Å². The van der Waals surface area contributed by atoms with Crippen LogP contribution in [0.15, 0.2) is 0 Å². The Bertz CT molecular complexity index is 517. The topological polar surface area (TPSA) is 232 Å². The SMILES string of the molecule is N[C@@H]1CCCC[C@H]1N.O=C([O-])C(CCCO[C@H]1O[C@H](CO)[C@H](O)[C@H](O)[C@H]1O)C(=O)[O-].[Pt+2]. The fourth-order valence-electron chi connectivity index (χ4n) is 3.21. The normalized spacial score (nSPS) is 33.1. The fourth-order valence-corrected chi connectivity index (χ4v) is 3.21. The molecule has 0 aromatic heterocycles. The van der Waals surface area contributed by atoms with Crippen LogP contribution in [-0.4, -0.2) is 88.4 Å². The van der Waals surface area contributed by atoms with E-state index in [2.05, 4.69) is 0 Å². The number of nitrogens with two attached hydrogens (primary N) is 2. The van der Waals surface area contributed by atoms with Crippen molar-refractivity contribution in [3.8, 4) is 0 Å². The molecule has 2 fully saturated rings. The summed E-state index contributed by atoms with van der Waals surface area (Å²) in [6.07, 6.45) is -2.66. The van der Waals surface area contributed by atoms with Crippen LogP contribution in [-0.2, 0) is 40.1 Å². The first-order valence-corrected chi connectivity index (χ1v) is 9.95. The van der Waals surface area contributed by atoms with Gasteiger partial charge < -0.3 is 61.2 Å². The van der Waals surface area contributed by atoms with Crippen molar-refractivity contribution in [3.63, 3.8) is 0 Å². The van der Waals surface area contributed by atoms with Crippen molar-refractivity contribution in [1.29, 1.82) is 0 Å². The van der Waals surface area contributed by atoms with E-state index in [1.807, 2.05) is 0 Å². The van der Waals surface area contributed by atoms with E-state index in [0.29, 0.717) is 0 Å². The summed E-state index contributed by atoms with van der Waals surface area (Å²) in [6.45, 7) is -0.790. The standard InChI is InChI=1S/C12H20O10.C6H14N2.Pt/c13-4-6-7(14)8(15)9(16)12(22-6)21-3-1-2-5(10(17)18)11(19)20;7-5-3-1-2-4-6(5)8;/h5-9,12-16H,1-4H2,(H,17,18)(H,19,20);5-6H,1-4,7-8H2;/q;;+2/p-2/t6-,7+,8+,9-,12+;5-,6-;/m11./s1. The second kappa shape index (κ2) is 15.2. The van der Waals surface area contributed by atoms with Crippen LogP contribution < -0.4 is 21.7 Å². The Morgan fingerprint density at radius 1 is 1.00 bits per heavy atom. The smallest absolute Gasteiger partial charge is 0.549 e. The second-order valence-electron chi connectivity index (χ2n) is 7.51. The molecule has 7 atom stereocenters. The average Bonchev–Trinajstić information content (AvgIpc) is 2.69. The molecule has 1 aliphatic carbocycles. The summed E-state index contributed by atoms with van der Waals surface area (Å²) in [6, 6.07) is 0.562. The molecule has 1 saturated heterocycles. The van der Waals surface area contributed by atoms with E-state index < -0.39 is 55.2 Å². The van der Waals surface area contributed by atoms with Crippen molar-refractivity contribution < 1.29 is 70.8 Å². The van der Waals surface area contributed by atoms with Crippen LogP contribution in [0.1, 0.15) is 38.5 Å². The maximum atomic E-state index is 10.5. The van der Waals surface area contributed by atoms with Gasteiger partial charge in [0.25, 0.3) is 0 Å². The molecule has 0 amide bonds. The second-order valence-corrected chi connectivity index (χ2v) is 7.51. The maximum Gasteiger partial charge on any atom is 2.00 e. The third kappa shape index (κ3) is 9.77. The number of aliphatic hydroxyl groups excluding tert-OH is 4. The third-order valence-corrected chi connectivity index (χ3v) is 5.21. The van der Waals surface area contributed by atoms with E-state index in [1.54, 1.807) is 0 Å². The summed E-state index contributed by atoms with van der Waals surface area (Å²) in [5, 5.41) is 58.7. The Kier molecular flexibility index (Phi) is 14.9. The van der Waals surface area contributed by atoms with Gasteiger partial charge in [-0.1, -0.05) is 12.8 Å². The van der Waals surface area contributed by atoms with Gasteiger partial charge in [-0.15, -0.1) is 0 Å². The van der Waals surface area contributed by atoms with Crippen LogP contribution in [0.5, 0.6) is 0 Å². The van der Waals surface area contributed by atoms with Crippen molar-refractivity contribution in [2.24, 2.45) is 17.4 Å². The van der Waals surface area contributed by atoms with E-state index in [0.717, 1.165) is 12.8 Å². The monoisotopic (exact) mass is 631 g/mol. The van der Waals surface area contributed by atoms with E-state index >= 15 is 0 Å². The number of hydrogen-bond acceptors (Lipinski definition) is 12. The van der Waals surface area contributed by atoms with Crippen molar-refractivity contribution in [2.75, 3.05) is 13.2 Å². The molecule has 0 aromatic carbocycles. The number of hydrogen-bond donors (Lipinski definition) is 6. The maximum absolute atomic E-state index is 10.5. The molecule has 8 N–H and O–H groups in total. The molecule has 1 heterocycles. The molecule has 12 nitrogen and oxygen atoms in total. The Morgan fingerprint density at radius 3 is 1.94 bits per heavy atom. The van der Waals surface area contributed by atoms with E-state index in [9.17, 15) is 35.1 Å². The molecule has 13 heteroatoms. The van der Waals surface area contributed by atoms with E-state index in [1.165, 1.54) is 12.8 Å². The summed E-state index contributed by atoms with van der Waals surface area (Å²) in [7, 11) is 0. The first-order chi connectivity index (χ1) is 14.1. The summed E-state index contributed by atoms with van der Waals surface area (Å²) in [5.74, 6) is -5.32. The Labute approximate surface area is 194 Å². The quantitative estimate of drug-likeness (QED) is 0.109. The number of aliphatic carboxylic acids is 2. The molecular formula is C18H32N2O10Pt. The zero-order chi connectivity index (χ0) is 22.8. The number of aliphatic hydroxyl groups is 4. The fraction of sp³-hybridized carbons (Fsp3) is 0.889. The zero-order valence-electron chi connectivity index (χ0n) is 17.0. The largest absolute Gasteiger partial charge is 2.00 e. The van der Waals surface area contributed by atoms with Gasteiger partial charge in [-0.25, -0.2) is 0 Å². The molecule has 0 bridgehead atoms. The minimum atomic E-state index is -1.78. The first kappa shape index (κ1) is 30.3. The van der Waals surface area contributed by atoms with Crippen molar-refractivity contribution in [1.82, 2.24) is 0 Å².